The molecule has 9 heteroatoms. The number of carbonyl (C=O) groups is 2. The zero-order chi connectivity index (χ0) is 19.4. The summed E-state index contributed by atoms with van der Waals surface area (Å²) in [6, 6.07) is 11.7. The summed E-state index contributed by atoms with van der Waals surface area (Å²) in [4.78, 5) is 35.6. The van der Waals surface area contributed by atoms with Crippen LogP contribution in [0.15, 0.2) is 62.2 Å². The van der Waals surface area contributed by atoms with Crippen molar-refractivity contribution in [3.8, 4) is 11.5 Å². The lowest BCUT2D eigenvalue weighted by Gasteiger charge is -2.04. The molecule has 0 N–H and O–H groups in total. The molecule has 2 aromatic carbocycles. The summed E-state index contributed by atoms with van der Waals surface area (Å²) in [7, 11) is 0. The van der Waals surface area contributed by atoms with Crippen LogP contribution in [-0.4, -0.2) is 28.1 Å². The fraction of sp³-hybridized carbons (Fsp3) is 0.111. The number of aromatic nitrogens is 2. The molecule has 1 aromatic heterocycles. The first kappa shape index (κ1) is 18.7. The van der Waals surface area contributed by atoms with E-state index in [1.807, 2.05) is 0 Å². The first-order valence-corrected chi connectivity index (χ1v) is 8.50. The molecule has 0 unspecified atom stereocenters. The van der Waals surface area contributed by atoms with Crippen LogP contribution in [0.3, 0.4) is 0 Å². The molecule has 0 bridgehead atoms. The van der Waals surface area contributed by atoms with Crippen LogP contribution in [0.4, 0.5) is 4.39 Å². The lowest BCUT2D eigenvalue weighted by atomic mass is 10.1. The van der Waals surface area contributed by atoms with Gasteiger partial charge in [-0.25, -0.2) is 9.18 Å². The third-order valence-electron chi connectivity index (χ3n) is 3.51. The maximum absolute atomic E-state index is 12.9. The van der Waals surface area contributed by atoms with E-state index in [-0.39, 0.29) is 11.7 Å². The van der Waals surface area contributed by atoms with E-state index in [4.69, 9.17) is 9.15 Å². The minimum absolute atomic E-state index is 0.0567. The van der Waals surface area contributed by atoms with Crippen LogP contribution < -0.4 is 5.76 Å². The Kier molecular flexibility index (Phi) is 5.60. The topological polar surface area (TPSA) is 91.4 Å². The molecule has 0 atom stereocenters. The van der Waals surface area contributed by atoms with Crippen molar-refractivity contribution in [1.29, 1.82) is 0 Å². The minimum atomic E-state index is -0.870. The van der Waals surface area contributed by atoms with Crippen LogP contribution in [0.25, 0.3) is 11.5 Å². The molecule has 3 aromatic rings. The monoisotopic (exact) mass is 434 g/mol. The van der Waals surface area contributed by atoms with Gasteiger partial charge in [-0.05, 0) is 36.4 Å². The van der Waals surface area contributed by atoms with E-state index >= 15 is 0 Å². The summed E-state index contributed by atoms with van der Waals surface area (Å²) < 4.78 is 24.4. The molecule has 1 heterocycles. The Morgan fingerprint density at radius 1 is 1.11 bits per heavy atom. The van der Waals surface area contributed by atoms with E-state index in [0.29, 0.717) is 11.1 Å². The molecular formula is C18H12BrFN2O5. The Morgan fingerprint density at radius 2 is 1.78 bits per heavy atom. The summed E-state index contributed by atoms with van der Waals surface area (Å²) in [6.07, 6.45) is 0. The number of esters is 1. The number of carbonyl (C=O) groups excluding carboxylic acids is 2. The fourth-order valence-electron chi connectivity index (χ4n) is 2.15. The molecule has 7 nitrogen and oxygen atoms in total. The number of hydrogen-bond donors (Lipinski definition) is 0. The van der Waals surface area contributed by atoms with Gasteiger partial charge in [0.05, 0.1) is 0 Å². The highest BCUT2D eigenvalue weighted by Crippen LogP contribution is 2.15. The Bertz CT molecular complexity index is 1030. The zero-order valence-electron chi connectivity index (χ0n) is 13.7. The number of ether oxygens (including phenoxy) is 1. The van der Waals surface area contributed by atoms with Gasteiger partial charge in [-0.1, -0.05) is 28.1 Å². The first-order chi connectivity index (χ1) is 12.9. The van der Waals surface area contributed by atoms with Gasteiger partial charge in [-0.3, -0.25) is 9.59 Å². The smallest absolute Gasteiger partial charge is 0.437 e. The quantitative estimate of drug-likeness (QED) is 0.437. The van der Waals surface area contributed by atoms with Gasteiger partial charge in [0.15, 0.2) is 12.4 Å². The van der Waals surface area contributed by atoms with Gasteiger partial charge in [0.1, 0.15) is 12.4 Å². The molecule has 0 saturated heterocycles. The predicted octanol–water partition coefficient (Wildman–Crippen LogP) is 2.83. The summed E-state index contributed by atoms with van der Waals surface area (Å²) in [5.74, 6) is -2.57. The minimum Gasteiger partial charge on any atom is -0.456 e. The molecule has 0 aliphatic heterocycles. The maximum atomic E-state index is 12.9. The number of ketones is 1. The van der Waals surface area contributed by atoms with Crippen LogP contribution >= 0.6 is 15.9 Å². The Morgan fingerprint density at radius 3 is 2.44 bits per heavy atom. The summed E-state index contributed by atoms with van der Waals surface area (Å²) in [5.41, 5.74) is 0.772. The third kappa shape index (κ3) is 4.76. The van der Waals surface area contributed by atoms with Crippen LogP contribution in [0, 0.1) is 5.82 Å². The van der Waals surface area contributed by atoms with Crippen molar-refractivity contribution in [2.45, 2.75) is 6.54 Å². The average Bonchev–Trinajstić information content (AvgIpc) is 3.01. The van der Waals surface area contributed by atoms with E-state index in [1.165, 1.54) is 24.3 Å². The van der Waals surface area contributed by atoms with Crippen molar-refractivity contribution in [3.05, 3.63) is 74.9 Å². The van der Waals surface area contributed by atoms with Crippen molar-refractivity contribution < 1.29 is 23.1 Å². The molecule has 0 radical (unpaired) electrons. The molecule has 27 heavy (non-hydrogen) atoms. The van der Waals surface area contributed by atoms with Gasteiger partial charge in [-0.15, -0.1) is 5.10 Å². The molecule has 0 aliphatic rings. The number of rotatable bonds is 6. The van der Waals surface area contributed by atoms with Crippen LogP contribution in [0.1, 0.15) is 10.4 Å². The third-order valence-corrected chi connectivity index (χ3v) is 4.04. The van der Waals surface area contributed by atoms with Crippen molar-refractivity contribution in [2.24, 2.45) is 0 Å². The highest BCUT2D eigenvalue weighted by atomic mass is 79.9. The number of halogens is 2. The Hall–Kier alpha value is -3.07. The lowest BCUT2D eigenvalue weighted by Crippen LogP contribution is -2.24. The highest BCUT2D eigenvalue weighted by molar-refractivity contribution is 9.10. The Labute approximate surface area is 160 Å². The standard InChI is InChI=1S/C18H12BrFN2O5/c19-13-5-1-11(2-6-13)15(23)10-26-16(24)9-22-18(25)27-17(21-22)12-3-7-14(20)8-4-12/h1-8H,9-10H2. The van der Waals surface area contributed by atoms with Crippen molar-refractivity contribution in [2.75, 3.05) is 6.61 Å². The second kappa shape index (κ2) is 8.09. The van der Waals surface area contributed by atoms with Crippen molar-refractivity contribution in [1.82, 2.24) is 9.78 Å². The van der Waals surface area contributed by atoms with Gasteiger partial charge in [-0.2, -0.15) is 4.68 Å². The van der Waals surface area contributed by atoms with Gasteiger partial charge in [0.25, 0.3) is 0 Å². The van der Waals surface area contributed by atoms with E-state index in [2.05, 4.69) is 21.0 Å². The maximum Gasteiger partial charge on any atom is 0.437 e. The molecule has 138 valence electrons. The largest absolute Gasteiger partial charge is 0.456 e. The van der Waals surface area contributed by atoms with Gasteiger partial charge in [0, 0.05) is 15.6 Å². The molecule has 0 fully saturated rings. The van der Waals surface area contributed by atoms with Crippen LogP contribution in [-0.2, 0) is 16.1 Å². The number of benzene rings is 2. The summed E-state index contributed by atoms with van der Waals surface area (Å²) in [5, 5.41) is 3.87. The fourth-order valence-corrected chi connectivity index (χ4v) is 2.41. The first-order valence-electron chi connectivity index (χ1n) is 7.70. The number of Topliss-reactive ketones (excluding diaryl/α,β-unsaturated/α-hetero) is 1. The van der Waals surface area contributed by atoms with E-state index < -0.39 is 30.7 Å². The van der Waals surface area contributed by atoms with Gasteiger partial charge in [0.2, 0.25) is 5.89 Å². The SMILES string of the molecule is O=C(Cn1nc(-c2ccc(F)cc2)oc1=O)OCC(=O)c1ccc(Br)cc1. The van der Waals surface area contributed by atoms with Gasteiger partial charge >= 0.3 is 11.7 Å². The summed E-state index contributed by atoms with van der Waals surface area (Å²) in [6.45, 7) is -0.977. The van der Waals surface area contributed by atoms with E-state index in [9.17, 15) is 18.8 Å². The average molecular weight is 435 g/mol. The highest BCUT2D eigenvalue weighted by Gasteiger charge is 2.15. The normalized spacial score (nSPS) is 10.6. The molecular weight excluding hydrogens is 423 g/mol. The number of hydrogen-bond acceptors (Lipinski definition) is 6. The van der Waals surface area contributed by atoms with E-state index in [0.717, 1.165) is 9.15 Å². The molecule has 0 aliphatic carbocycles. The molecule has 3 rings (SSSR count). The zero-order valence-corrected chi connectivity index (χ0v) is 15.3. The Balaban J connectivity index is 1.61. The molecule has 0 amide bonds. The second-order valence-corrected chi connectivity index (χ2v) is 6.34. The van der Waals surface area contributed by atoms with Crippen LogP contribution in [0.2, 0.25) is 0 Å². The lowest BCUT2D eigenvalue weighted by molar-refractivity contribution is -0.143. The van der Waals surface area contributed by atoms with Crippen molar-refractivity contribution >= 4 is 27.7 Å². The summed E-state index contributed by atoms with van der Waals surface area (Å²) >= 11 is 3.26. The molecule has 0 spiro atoms. The van der Waals surface area contributed by atoms with Crippen molar-refractivity contribution in [3.63, 3.8) is 0 Å². The molecule has 0 saturated carbocycles. The van der Waals surface area contributed by atoms with E-state index in [1.54, 1.807) is 24.3 Å². The van der Waals surface area contributed by atoms with Crippen LogP contribution in [0.5, 0.6) is 0 Å². The van der Waals surface area contributed by atoms with Gasteiger partial charge < -0.3 is 9.15 Å². The predicted molar refractivity (Wildman–Crippen MR) is 95.6 cm³/mol. The second-order valence-electron chi connectivity index (χ2n) is 5.43. The number of nitrogens with zero attached hydrogens (tertiary/aromatic N) is 2.